The number of aromatic nitrogens is 2. The summed E-state index contributed by atoms with van der Waals surface area (Å²) in [5.74, 6) is 0.831. The van der Waals surface area contributed by atoms with Gasteiger partial charge in [0.1, 0.15) is 22.7 Å². The van der Waals surface area contributed by atoms with E-state index in [1.54, 1.807) is 61.1 Å². The first-order valence-electron chi connectivity index (χ1n) is 11.3. The molecule has 4 aromatic rings. The van der Waals surface area contributed by atoms with Crippen molar-refractivity contribution >= 4 is 39.4 Å². The van der Waals surface area contributed by atoms with Gasteiger partial charge in [0.15, 0.2) is 6.61 Å². The van der Waals surface area contributed by atoms with Crippen LogP contribution in [0.3, 0.4) is 0 Å². The number of rotatable bonds is 7. The molecule has 1 aliphatic carbocycles. The summed E-state index contributed by atoms with van der Waals surface area (Å²) in [6.07, 6.45) is 7.30. The predicted molar refractivity (Wildman–Crippen MR) is 137 cm³/mol. The van der Waals surface area contributed by atoms with Gasteiger partial charge >= 0.3 is 0 Å². The van der Waals surface area contributed by atoms with Crippen molar-refractivity contribution in [1.29, 1.82) is 0 Å². The normalized spacial score (nSPS) is 13.1. The van der Waals surface area contributed by atoms with Crippen LogP contribution in [-0.2, 0) is 17.6 Å². The van der Waals surface area contributed by atoms with Crippen molar-refractivity contribution < 1.29 is 14.3 Å². The predicted octanol–water partition coefficient (Wildman–Crippen LogP) is 4.25. The van der Waals surface area contributed by atoms with Gasteiger partial charge in [0, 0.05) is 4.88 Å². The Balaban J connectivity index is 1.23. The van der Waals surface area contributed by atoms with E-state index in [1.807, 2.05) is 12.1 Å². The van der Waals surface area contributed by atoms with Gasteiger partial charge in [-0.15, -0.1) is 11.3 Å². The average molecular weight is 489 g/mol. The number of nitrogens with one attached hydrogen (secondary N) is 1. The largest absolute Gasteiger partial charge is 0.495 e. The highest BCUT2D eigenvalue weighted by Gasteiger charge is 2.19. The number of carbonyl (C=O) groups is 1. The lowest BCUT2D eigenvalue weighted by atomic mass is 9.97. The SMILES string of the molecule is COc1ccccc1NC(=O)COc1ccc(/C=N\n2cnc3sc4c(c3c2=O)CCCC4)cc1. The molecule has 0 atom stereocenters. The van der Waals surface area contributed by atoms with Gasteiger partial charge < -0.3 is 14.8 Å². The standard InChI is InChI=1S/C26H24N4O4S/c1-33-21-8-4-3-7-20(21)29-23(31)15-34-18-12-10-17(11-13-18)14-28-30-16-27-25-24(26(30)32)19-6-2-5-9-22(19)35-25/h3-4,7-8,10-14,16H,2,5-6,9,15H2,1H3,(H,29,31)/b28-14-. The Labute approximate surface area is 205 Å². The van der Waals surface area contributed by atoms with Crippen molar-refractivity contribution in [2.45, 2.75) is 25.7 Å². The molecule has 35 heavy (non-hydrogen) atoms. The third-order valence-electron chi connectivity index (χ3n) is 5.82. The van der Waals surface area contributed by atoms with Gasteiger partial charge in [-0.2, -0.15) is 9.78 Å². The Morgan fingerprint density at radius 1 is 1.17 bits per heavy atom. The summed E-state index contributed by atoms with van der Waals surface area (Å²) in [6.45, 7) is -0.141. The minimum atomic E-state index is -0.293. The number of methoxy groups -OCH3 is 1. The van der Waals surface area contributed by atoms with E-state index < -0.39 is 0 Å². The molecule has 0 saturated carbocycles. The van der Waals surface area contributed by atoms with Gasteiger partial charge in [-0.3, -0.25) is 9.59 Å². The van der Waals surface area contributed by atoms with Crippen molar-refractivity contribution in [2.75, 3.05) is 19.0 Å². The van der Waals surface area contributed by atoms with Crippen molar-refractivity contribution in [3.8, 4) is 11.5 Å². The average Bonchev–Trinajstić information content (AvgIpc) is 3.27. The maximum atomic E-state index is 13.0. The molecule has 0 fully saturated rings. The number of hydrogen-bond donors (Lipinski definition) is 1. The first kappa shape index (κ1) is 22.8. The second kappa shape index (κ2) is 10.1. The lowest BCUT2D eigenvalue weighted by molar-refractivity contribution is -0.118. The van der Waals surface area contributed by atoms with Crippen LogP contribution in [0, 0.1) is 0 Å². The molecule has 2 heterocycles. The Kier molecular flexibility index (Phi) is 6.58. The van der Waals surface area contributed by atoms with Crippen LogP contribution in [0.1, 0.15) is 28.8 Å². The molecule has 0 aliphatic heterocycles. The second-order valence-corrected chi connectivity index (χ2v) is 9.22. The third-order valence-corrected chi connectivity index (χ3v) is 7.02. The summed E-state index contributed by atoms with van der Waals surface area (Å²) in [4.78, 5) is 31.8. The maximum Gasteiger partial charge on any atom is 0.282 e. The molecule has 1 aliphatic rings. The van der Waals surface area contributed by atoms with E-state index in [-0.39, 0.29) is 18.1 Å². The van der Waals surface area contributed by atoms with Gasteiger partial charge in [-0.25, -0.2) is 4.98 Å². The fraction of sp³-hybridized carbons (Fsp3) is 0.231. The Hall–Kier alpha value is -3.98. The molecule has 0 saturated heterocycles. The van der Waals surface area contributed by atoms with Crippen molar-refractivity contribution in [1.82, 2.24) is 9.66 Å². The molecule has 0 unspecified atom stereocenters. The first-order valence-corrected chi connectivity index (χ1v) is 12.2. The summed E-state index contributed by atoms with van der Waals surface area (Å²) in [6, 6.07) is 14.3. The number of aryl methyl sites for hydroxylation is 2. The number of ether oxygens (including phenoxy) is 2. The number of nitrogens with zero attached hydrogens (tertiary/aromatic N) is 3. The molecule has 0 radical (unpaired) electrons. The molecule has 0 bridgehead atoms. The number of fused-ring (bicyclic) bond motifs is 3. The third kappa shape index (κ3) is 4.95. The lowest BCUT2D eigenvalue weighted by Crippen LogP contribution is -2.20. The van der Waals surface area contributed by atoms with Gasteiger partial charge in [-0.05, 0) is 73.2 Å². The minimum Gasteiger partial charge on any atom is -0.495 e. The van der Waals surface area contributed by atoms with Crippen molar-refractivity contribution in [3.63, 3.8) is 0 Å². The van der Waals surface area contributed by atoms with E-state index in [9.17, 15) is 9.59 Å². The fourth-order valence-corrected chi connectivity index (χ4v) is 5.30. The van der Waals surface area contributed by atoms with Crippen LogP contribution in [0.4, 0.5) is 5.69 Å². The zero-order valence-corrected chi connectivity index (χ0v) is 20.0. The summed E-state index contributed by atoms with van der Waals surface area (Å²) < 4.78 is 12.1. The van der Waals surface area contributed by atoms with E-state index in [2.05, 4.69) is 15.4 Å². The number of anilines is 1. The number of amides is 1. The Morgan fingerprint density at radius 2 is 1.97 bits per heavy atom. The molecule has 8 nitrogen and oxygen atoms in total. The van der Waals surface area contributed by atoms with Crippen LogP contribution in [0.2, 0.25) is 0 Å². The highest BCUT2D eigenvalue weighted by Crippen LogP contribution is 2.33. The molecule has 5 rings (SSSR count). The summed E-state index contributed by atoms with van der Waals surface area (Å²) in [5, 5.41) is 7.80. The summed E-state index contributed by atoms with van der Waals surface area (Å²) in [5.41, 5.74) is 2.39. The molecule has 2 aromatic carbocycles. The number of hydrogen-bond acceptors (Lipinski definition) is 7. The number of thiophene rings is 1. The number of carbonyl (C=O) groups excluding carboxylic acids is 1. The van der Waals surface area contributed by atoms with Crippen LogP contribution < -0.4 is 20.3 Å². The Morgan fingerprint density at radius 3 is 2.80 bits per heavy atom. The van der Waals surface area contributed by atoms with Crippen LogP contribution >= 0.6 is 11.3 Å². The van der Waals surface area contributed by atoms with Crippen LogP contribution in [-0.4, -0.2) is 35.5 Å². The summed E-state index contributed by atoms with van der Waals surface area (Å²) >= 11 is 1.62. The van der Waals surface area contributed by atoms with Gasteiger partial charge in [0.25, 0.3) is 11.5 Å². The van der Waals surface area contributed by atoms with Gasteiger partial charge in [0.2, 0.25) is 0 Å². The van der Waals surface area contributed by atoms with E-state index >= 15 is 0 Å². The lowest BCUT2D eigenvalue weighted by Gasteiger charge is -2.10. The summed E-state index contributed by atoms with van der Waals surface area (Å²) in [7, 11) is 1.55. The molecule has 9 heteroatoms. The molecular weight excluding hydrogens is 464 g/mol. The van der Waals surface area contributed by atoms with E-state index in [0.717, 1.165) is 35.2 Å². The molecule has 1 amide bonds. The molecule has 0 spiro atoms. The van der Waals surface area contributed by atoms with E-state index in [4.69, 9.17) is 9.47 Å². The minimum absolute atomic E-state index is 0.133. The highest BCUT2D eigenvalue weighted by atomic mass is 32.1. The zero-order chi connectivity index (χ0) is 24.2. The van der Waals surface area contributed by atoms with Crippen molar-refractivity contribution in [3.05, 3.63) is 81.2 Å². The van der Waals surface area contributed by atoms with Gasteiger partial charge in [0.05, 0.1) is 24.4 Å². The van der Waals surface area contributed by atoms with E-state index in [1.165, 1.54) is 22.3 Å². The molecule has 178 valence electrons. The first-order chi connectivity index (χ1) is 17.1. The second-order valence-electron chi connectivity index (χ2n) is 8.14. The Bertz CT molecular complexity index is 1460. The topological polar surface area (TPSA) is 94.8 Å². The number of benzene rings is 2. The zero-order valence-electron chi connectivity index (χ0n) is 19.2. The monoisotopic (exact) mass is 488 g/mol. The maximum absolute atomic E-state index is 13.0. The van der Waals surface area contributed by atoms with Crippen LogP contribution in [0.25, 0.3) is 10.2 Å². The smallest absolute Gasteiger partial charge is 0.282 e. The van der Waals surface area contributed by atoms with Crippen molar-refractivity contribution in [2.24, 2.45) is 5.10 Å². The highest BCUT2D eigenvalue weighted by molar-refractivity contribution is 7.18. The molecular formula is C26H24N4O4S. The van der Waals surface area contributed by atoms with Gasteiger partial charge in [-0.1, -0.05) is 12.1 Å². The number of para-hydroxylation sites is 2. The fourth-order valence-electron chi connectivity index (χ4n) is 4.08. The quantitative estimate of drug-likeness (QED) is 0.393. The molecule has 1 N–H and O–H groups in total. The van der Waals surface area contributed by atoms with Crippen LogP contribution in [0.5, 0.6) is 11.5 Å². The van der Waals surface area contributed by atoms with Crippen LogP contribution in [0.15, 0.2) is 64.8 Å². The van der Waals surface area contributed by atoms with E-state index in [0.29, 0.717) is 22.6 Å². The molecule has 2 aromatic heterocycles.